The molecule has 1 aromatic heterocycles. The topological polar surface area (TPSA) is 73.3 Å². The van der Waals surface area contributed by atoms with Crippen molar-refractivity contribution in [3.63, 3.8) is 0 Å². The number of hydrogen-bond acceptors (Lipinski definition) is 5. The molecule has 0 aliphatic carbocycles. The maximum absolute atomic E-state index is 13.7. The summed E-state index contributed by atoms with van der Waals surface area (Å²) in [6, 6.07) is 14.0. The van der Waals surface area contributed by atoms with E-state index < -0.39 is 27.5 Å². The van der Waals surface area contributed by atoms with E-state index >= 15 is 0 Å². The second-order valence-electron chi connectivity index (χ2n) is 8.77. The van der Waals surface area contributed by atoms with E-state index in [1.165, 1.54) is 36.5 Å². The number of alkyl halides is 3. The van der Waals surface area contributed by atoms with Crippen LogP contribution in [0, 0.1) is 0 Å². The van der Waals surface area contributed by atoms with E-state index in [1.807, 2.05) is 13.8 Å². The van der Waals surface area contributed by atoms with Crippen LogP contribution in [0.1, 0.15) is 41.3 Å². The second-order valence-corrected chi connectivity index (χ2v) is 11.2. The zero-order chi connectivity index (χ0) is 27.1. The lowest BCUT2D eigenvalue weighted by molar-refractivity contribution is -0.136. The Labute approximate surface area is 216 Å². The summed E-state index contributed by atoms with van der Waals surface area (Å²) in [5.41, 5.74) is 0.629. The molecule has 5 nitrogen and oxygen atoms in total. The van der Waals surface area contributed by atoms with Gasteiger partial charge in [-0.2, -0.15) is 13.2 Å². The maximum atomic E-state index is 13.7. The Hall–Kier alpha value is -3.43. The van der Waals surface area contributed by atoms with Crippen molar-refractivity contribution in [2.24, 2.45) is 0 Å². The molecular formula is C27H21ClF3NO4S. The van der Waals surface area contributed by atoms with Crippen LogP contribution in [0.25, 0.3) is 22.0 Å². The summed E-state index contributed by atoms with van der Waals surface area (Å²) >= 11 is 6.11. The Balaban J connectivity index is 1.81. The standard InChI is InChI=1S/C27H21ClF3NO4S/c1-15(2)21-14-32-25-19(8-5-9-22(25)27(29,30)31)24(21)16-6-4-7-17(12-16)36-26(33)20-13-18(37(3,34)35)10-11-23(20)28/h4-15H,1-3H3. The van der Waals surface area contributed by atoms with Crippen LogP contribution in [0.3, 0.4) is 0 Å². The second kappa shape index (κ2) is 9.79. The van der Waals surface area contributed by atoms with Gasteiger partial charge in [-0.1, -0.05) is 49.7 Å². The number of rotatable bonds is 5. The molecule has 3 aromatic carbocycles. The molecule has 192 valence electrons. The fourth-order valence-corrected chi connectivity index (χ4v) is 4.84. The number of esters is 1. The van der Waals surface area contributed by atoms with E-state index in [4.69, 9.17) is 16.3 Å². The average molecular weight is 548 g/mol. The molecule has 0 atom stereocenters. The molecule has 37 heavy (non-hydrogen) atoms. The van der Waals surface area contributed by atoms with E-state index in [1.54, 1.807) is 18.2 Å². The summed E-state index contributed by atoms with van der Waals surface area (Å²) in [6.07, 6.45) is -2.14. The third-order valence-electron chi connectivity index (χ3n) is 5.77. The van der Waals surface area contributed by atoms with Crippen LogP contribution in [0.5, 0.6) is 5.75 Å². The van der Waals surface area contributed by atoms with Crippen molar-refractivity contribution >= 4 is 38.3 Å². The van der Waals surface area contributed by atoms with Crippen LogP contribution in [-0.4, -0.2) is 25.6 Å². The summed E-state index contributed by atoms with van der Waals surface area (Å²) in [5.74, 6) is -0.837. The minimum absolute atomic E-state index is 0.00968. The summed E-state index contributed by atoms with van der Waals surface area (Å²) in [5, 5.41) is 0.323. The first-order chi connectivity index (χ1) is 17.3. The van der Waals surface area contributed by atoms with E-state index in [-0.39, 0.29) is 32.7 Å². The molecule has 0 N–H and O–H groups in total. The molecule has 10 heteroatoms. The van der Waals surface area contributed by atoms with Gasteiger partial charge in [0.1, 0.15) is 5.75 Å². The van der Waals surface area contributed by atoms with E-state index in [0.29, 0.717) is 16.5 Å². The maximum Gasteiger partial charge on any atom is 0.418 e. The highest BCUT2D eigenvalue weighted by atomic mass is 35.5. The molecule has 0 amide bonds. The van der Waals surface area contributed by atoms with Crippen LogP contribution in [0.15, 0.2) is 71.8 Å². The fourth-order valence-electron chi connectivity index (χ4n) is 4.00. The van der Waals surface area contributed by atoms with Crippen molar-refractivity contribution in [1.29, 1.82) is 0 Å². The van der Waals surface area contributed by atoms with Crippen molar-refractivity contribution in [1.82, 2.24) is 4.98 Å². The molecule has 0 spiro atoms. The number of fused-ring (bicyclic) bond motifs is 1. The van der Waals surface area contributed by atoms with Crippen LogP contribution in [-0.2, 0) is 16.0 Å². The van der Waals surface area contributed by atoms with Gasteiger partial charge in [0.15, 0.2) is 9.84 Å². The van der Waals surface area contributed by atoms with E-state index in [9.17, 15) is 26.4 Å². The van der Waals surface area contributed by atoms with Gasteiger partial charge in [-0.3, -0.25) is 4.98 Å². The molecule has 1 heterocycles. The summed E-state index contributed by atoms with van der Waals surface area (Å²) < 4.78 is 70.3. The average Bonchev–Trinajstić information content (AvgIpc) is 2.81. The number of aromatic nitrogens is 1. The third-order valence-corrected chi connectivity index (χ3v) is 7.21. The first-order valence-electron chi connectivity index (χ1n) is 11.1. The molecule has 0 unspecified atom stereocenters. The molecule has 0 fully saturated rings. The molecule has 4 rings (SSSR count). The molecule has 0 radical (unpaired) electrons. The van der Waals surface area contributed by atoms with Gasteiger partial charge in [-0.15, -0.1) is 0 Å². The summed E-state index contributed by atoms with van der Waals surface area (Å²) in [4.78, 5) is 16.9. The van der Waals surface area contributed by atoms with Crippen molar-refractivity contribution in [2.45, 2.75) is 30.8 Å². The van der Waals surface area contributed by atoms with Crippen molar-refractivity contribution in [2.75, 3.05) is 6.26 Å². The number of pyridine rings is 1. The molecule has 0 bridgehead atoms. The quantitative estimate of drug-likeness (QED) is 0.193. The number of nitrogens with zero attached hydrogens (tertiary/aromatic N) is 1. The number of carbonyl (C=O) groups is 1. The first kappa shape index (κ1) is 26.6. The number of carbonyl (C=O) groups excluding carboxylic acids is 1. The Morgan fingerprint density at radius 1 is 1.03 bits per heavy atom. The molecule has 4 aromatic rings. The number of hydrogen-bond donors (Lipinski definition) is 0. The Kier molecular flexibility index (Phi) is 7.05. The minimum atomic E-state index is -4.58. The number of benzene rings is 3. The zero-order valence-corrected chi connectivity index (χ0v) is 21.5. The Morgan fingerprint density at radius 3 is 2.38 bits per heavy atom. The lowest BCUT2D eigenvalue weighted by Crippen LogP contribution is -2.11. The van der Waals surface area contributed by atoms with Gasteiger partial charge < -0.3 is 4.74 Å². The van der Waals surface area contributed by atoms with Gasteiger partial charge in [-0.25, -0.2) is 13.2 Å². The van der Waals surface area contributed by atoms with Crippen molar-refractivity contribution in [3.8, 4) is 16.9 Å². The minimum Gasteiger partial charge on any atom is -0.423 e. The predicted octanol–water partition coefficient (Wildman–Crippen LogP) is 7.32. The van der Waals surface area contributed by atoms with E-state index in [0.717, 1.165) is 24.0 Å². The lowest BCUT2D eigenvalue weighted by Gasteiger charge is -2.18. The number of ether oxygens (including phenoxy) is 1. The highest BCUT2D eigenvalue weighted by molar-refractivity contribution is 7.90. The molecule has 0 saturated carbocycles. The summed E-state index contributed by atoms with van der Waals surface area (Å²) in [7, 11) is -3.59. The largest absolute Gasteiger partial charge is 0.423 e. The molecule has 0 saturated heterocycles. The van der Waals surface area contributed by atoms with Crippen LogP contribution >= 0.6 is 11.6 Å². The van der Waals surface area contributed by atoms with Gasteiger partial charge >= 0.3 is 12.1 Å². The molecule has 0 aliphatic rings. The van der Waals surface area contributed by atoms with E-state index in [2.05, 4.69) is 4.98 Å². The first-order valence-corrected chi connectivity index (χ1v) is 13.4. The van der Waals surface area contributed by atoms with Gasteiger partial charge in [0.25, 0.3) is 0 Å². The number of sulfone groups is 1. The Bertz CT molecular complexity index is 1630. The normalized spacial score (nSPS) is 12.2. The SMILES string of the molecule is CC(C)c1cnc2c(C(F)(F)F)cccc2c1-c1cccc(OC(=O)c2cc(S(C)(=O)=O)ccc2Cl)c1. The number of halogens is 4. The van der Waals surface area contributed by atoms with Gasteiger partial charge in [-0.05, 0) is 59.0 Å². The zero-order valence-electron chi connectivity index (χ0n) is 19.9. The predicted molar refractivity (Wildman–Crippen MR) is 136 cm³/mol. The van der Waals surface area contributed by atoms with Crippen molar-refractivity contribution < 1.29 is 31.1 Å². The lowest BCUT2D eigenvalue weighted by atomic mass is 9.90. The third kappa shape index (κ3) is 5.47. The Morgan fingerprint density at radius 2 is 1.73 bits per heavy atom. The highest BCUT2D eigenvalue weighted by Crippen LogP contribution is 2.40. The molecular weight excluding hydrogens is 527 g/mol. The fraction of sp³-hybridized carbons (Fsp3) is 0.185. The van der Waals surface area contributed by atoms with Gasteiger partial charge in [0.05, 0.1) is 26.6 Å². The monoisotopic (exact) mass is 547 g/mol. The molecule has 0 aliphatic heterocycles. The van der Waals surface area contributed by atoms with Crippen LogP contribution in [0.4, 0.5) is 13.2 Å². The van der Waals surface area contributed by atoms with Crippen LogP contribution < -0.4 is 4.74 Å². The van der Waals surface area contributed by atoms with Gasteiger partial charge in [0.2, 0.25) is 0 Å². The number of para-hydroxylation sites is 1. The van der Waals surface area contributed by atoms with Gasteiger partial charge in [0, 0.05) is 17.8 Å². The van der Waals surface area contributed by atoms with Crippen molar-refractivity contribution in [3.05, 3.63) is 88.6 Å². The highest BCUT2D eigenvalue weighted by Gasteiger charge is 2.34. The summed E-state index contributed by atoms with van der Waals surface area (Å²) in [6.45, 7) is 3.81. The smallest absolute Gasteiger partial charge is 0.418 e. The van der Waals surface area contributed by atoms with Crippen LogP contribution in [0.2, 0.25) is 5.02 Å².